The van der Waals surface area contributed by atoms with Crippen LogP contribution < -0.4 is 10.6 Å². The number of benzene rings is 2. The molecule has 3 N–H and O–H groups in total. The lowest BCUT2D eigenvalue weighted by Gasteiger charge is -2.27. The van der Waals surface area contributed by atoms with Crippen molar-refractivity contribution in [2.75, 3.05) is 25.1 Å². The van der Waals surface area contributed by atoms with E-state index >= 15 is 0 Å². The highest BCUT2D eigenvalue weighted by atomic mass is 35.5. The van der Waals surface area contributed by atoms with Gasteiger partial charge in [0.05, 0.1) is 29.6 Å². The highest BCUT2D eigenvalue weighted by Crippen LogP contribution is 2.32. The van der Waals surface area contributed by atoms with Crippen LogP contribution in [0.2, 0.25) is 5.02 Å². The molecule has 0 spiro atoms. The molecular weight excluding hydrogens is 537 g/mol. The first-order chi connectivity index (χ1) is 19.2. The molecule has 2 aliphatic heterocycles. The Morgan fingerprint density at radius 1 is 1.25 bits per heavy atom. The summed E-state index contributed by atoms with van der Waals surface area (Å²) in [4.78, 5) is 36.8. The molecule has 0 aliphatic carbocycles. The zero-order chi connectivity index (χ0) is 28.4. The van der Waals surface area contributed by atoms with Crippen LogP contribution in [-0.2, 0) is 16.1 Å². The number of rotatable bonds is 8. The third-order valence-electron chi connectivity index (χ3n) is 7.34. The first-order valence-electron chi connectivity index (χ1n) is 13.2. The van der Waals surface area contributed by atoms with Crippen molar-refractivity contribution >= 4 is 29.4 Å². The molecule has 0 saturated carbocycles. The number of carbonyl (C=O) groups excluding carboxylic acids is 2. The van der Waals surface area contributed by atoms with Crippen molar-refractivity contribution in [2.45, 2.75) is 51.4 Å². The Bertz CT molecular complexity index is 1430. The van der Waals surface area contributed by atoms with Crippen LogP contribution in [0.4, 0.5) is 10.3 Å². The summed E-state index contributed by atoms with van der Waals surface area (Å²) < 4.78 is 19.8. The van der Waals surface area contributed by atoms with Gasteiger partial charge in [-0.1, -0.05) is 41.4 Å². The lowest BCUT2D eigenvalue weighted by molar-refractivity contribution is -0.127. The van der Waals surface area contributed by atoms with E-state index in [1.807, 2.05) is 13.0 Å². The number of nitrogens with one attached hydrogen (secondary N) is 2. The van der Waals surface area contributed by atoms with Crippen molar-refractivity contribution in [2.24, 2.45) is 0 Å². The van der Waals surface area contributed by atoms with Gasteiger partial charge in [0.2, 0.25) is 11.9 Å². The number of carbonyl (C=O) groups is 2. The molecular formula is C29H31ClFN5O4. The number of aliphatic hydroxyl groups is 1. The molecule has 2 aliphatic rings. The number of fused-ring (bicyclic) bond motifs is 1. The van der Waals surface area contributed by atoms with Gasteiger partial charge in [0.25, 0.3) is 5.91 Å². The molecule has 2 amide bonds. The summed E-state index contributed by atoms with van der Waals surface area (Å²) in [6, 6.07) is 8.37. The van der Waals surface area contributed by atoms with Gasteiger partial charge in [-0.3, -0.25) is 9.59 Å². The van der Waals surface area contributed by atoms with Crippen LogP contribution in [0.3, 0.4) is 0 Å². The number of hydrogen-bond donors (Lipinski definition) is 3. The molecule has 9 nitrogen and oxygen atoms in total. The second-order valence-corrected chi connectivity index (χ2v) is 10.6. The Labute approximate surface area is 236 Å². The molecule has 11 heteroatoms. The van der Waals surface area contributed by atoms with Crippen LogP contribution in [0.1, 0.15) is 52.9 Å². The molecule has 3 aromatic rings. The number of aromatic nitrogens is 2. The van der Waals surface area contributed by atoms with Crippen molar-refractivity contribution in [1.82, 2.24) is 20.2 Å². The monoisotopic (exact) mass is 567 g/mol. The maximum absolute atomic E-state index is 14.4. The summed E-state index contributed by atoms with van der Waals surface area (Å²) in [5.41, 5.74) is 3.40. The minimum atomic E-state index is -1.14. The number of amides is 2. The molecule has 0 radical (unpaired) electrons. The van der Waals surface area contributed by atoms with Crippen LogP contribution in [0.15, 0.2) is 42.6 Å². The van der Waals surface area contributed by atoms with Crippen LogP contribution in [0, 0.1) is 12.7 Å². The van der Waals surface area contributed by atoms with Crippen molar-refractivity contribution in [3.05, 3.63) is 75.7 Å². The third kappa shape index (κ3) is 5.79. The normalized spacial score (nSPS) is 16.9. The van der Waals surface area contributed by atoms with Gasteiger partial charge >= 0.3 is 0 Å². The Hall–Kier alpha value is -3.60. The predicted molar refractivity (Wildman–Crippen MR) is 148 cm³/mol. The number of nitrogens with zero attached hydrogens (tertiary/aromatic N) is 3. The lowest BCUT2D eigenvalue weighted by atomic mass is 10.0. The SMILES string of the molecule is Cc1ccc(F)c(C(C)NC(=O)C(CO)N2Cc3ccc(-c4nc(NC5CCOCC5)ncc4Cl)cc3C2=O)c1. The average molecular weight is 568 g/mol. The van der Waals surface area contributed by atoms with E-state index in [4.69, 9.17) is 16.3 Å². The highest BCUT2D eigenvalue weighted by molar-refractivity contribution is 6.33. The van der Waals surface area contributed by atoms with Gasteiger partial charge in [-0.05, 0) is 44.4 Å². The van der Waals surface area contributed by atoms with Crippen molar-refractivity contribution in [1.29, 1.82) is 0 Å². The zero-order valence-electron chi connectivity index (χ0n) is 22.3. The van der Waals surface area contributed by atoms with E-state index in [1.54, 1.807) is 31.2 Å². The number of aliphatic hydroxyl groups excluding tert-OH is 1. The maximum Gasteiger partial charge on any atom is 0.255 e. The van der Waals surface area contributed by atoms with Gasteiger partial charge in [-0.15, -0.1) is 0 Å². The van der Waals surface area contributed by atoms with Crippen LogP contribution >= 0.6 is 11.6 Å². The molecule has 2 unspecified atom stereocenters. The molecule has 2 aromatic carbocycles. The second kappa shape index (κ2) is 11.9. The fraction of sp³-hybridized carbons (Fsp3) is 0.379. The summed E-state index contributed by atoms with van der Waals surface area (Å²) in [6.07, 6.45) is 3.23. The Morgan fingerprint density at radius 3 is 2.77 bits per heavy atom. The smallest absolute Gasteiger partial charge is 0.255 e. The molecule has 1 aromatic heterocycles. The first kappa shape index (κ1) is 27.9. The zero-order valence-corrected chi connectivity index (χ0v) is 23.0. The van der Waals surface area contributed by atoms with E-state index in [0.717, 1.165) is 18.4 Å². The summed E-state index contributed by atoms with van der Waals surface area (Å²) in [6.45, 7) is 4.41. The van der Waals surface area contributed by atoms with Gasteiger partial charge in [-0.2, -0.15) is 0 Å². The quantitative estimate of drug-likeness (QED) is 0.376. The molecule has 5 rings (SSSR count). The number of ether oxygens (including phenoxy) is 1. The Balaban J connectivity index is 1.33. The maximum atomic E-state index is 14.4. The molecule has 1 fully saturated rings. The fourth-order valence-electron chi connectivity index (χ4n) is 5.09. The van der Waals surface area contributed by atoms with E-state index < -0.39 is 36.3 Å². The first-order valence-corrected chi connectivity index (χ1v) is 13.6. The average Bonchev–Trinajstić information content (AvgIpc) is 3.27. The highest BCUT2D eigenvalue weighted by Gasteiger charge is 2.37. The molecule has 2 atom stereocenters. The number of anilines is 1. The lowest BCUT2D eigenvalue weighted by Crippen LogP contribution is -2.49. The van der Waals surface area contributed by atoms with Gasteiger partial charge < -0.3 is 25.4 Å². The van der Waals surface area contributed by atoms with E-state index in [0.29, 0.717) is 52.1 Å². The van der Waals surface area contributed by atoms with Gasteiger partial charge in [-0.25, -0.2) is 14.4 Å². The van der Waals surface area contributed by atoms with E-state index in [2.05, 4.69) is 20.6 Å². The molecule has 40 heavy (non-hydrogen) atoms. The van der Waals surface area contributed by atoms with Gasteiger partial charge in [0, 0.05) is 42.5 Å². The largest absolute Gasteiger partial charge is 0.394 e. The van der Waals surface area contributed by atoms with Crippen LogP contribution in [0.5, 0.6) is 0 Å². The topological polar surface area (TPSA) is 117 Å². The van der Waals surface area contributed by atoms with E-state index in [-0.39, 0.29) is 12.6 Å². The fourth-order valence-corrected chi connectivity index (χ4v) is 5.29. The predicted octanol–water partition coefficient (Wildman–Crippen LogP) is 4.03. The van der Waals surface area contributed by atoms with Gasteiger partial charge in [0.15, 0.2) is 0 Å². The molecule has 1 saturated heterocycles. The summed E-state index contributed by atoms with van der Waals surface area (Å²) in [5.74, 6) is -0.965. The van der Waals surface area contributed by atoms with Crippen molar-refractivity contribution < 1.29 is 23.8 Å². The van der Waals surface area contributed by atoms with Gasteiger partial charge in [0.1, 0.15) is 11.9 Å². The standard InChI is InChI=1S/C29H31ClFN5O4/c1-16-3-6-24(31)21(11-16)17(2)33-27(38)25(15-37)36-14-19-5-4-18(12-22(19)28(36)39)26-23(30)13-32-29(35-26)34-20-7-9-40-10-8-20/h3-6,11-13,17,20,25,37H,7-10,14-15H2,1-2H3,(H,33,38)(H,32,34,35). The Morgan fingerprint density at radius 2 is 2.02 bits per heavy atom. The van der Waals surface area contributed by atoms with Crippen molar-refractivity contribution in [3.8, 4) is 11.3 Å². The minimum Gasteiger partial charge on any atom is -0.394 e. The summed E-state index contributed by atoms with van der Waals surface area (Å²) in [5, 5.41) is 16.5. The van der Waals surface area contributed by atoms with Crippen LogP contribution in [0.25, 0.3) is 11.3 Å². The number of halogens is 2. The van der Waals surface area contributed by atoms with Crippen LogP contribution in [-0.4, -0.2) is 63.7 Å². The molecule has 210 valence electrons. The minimum absolute atomic E-state index is 0.147. The summed E-state index contributed by atoms with van der Waals surface area (Å²) >= 11 is 6.44. The van der Waals surface area contributed by atoms with Crippen molar-refractivity contribution in [3.63, 3.8) is 0 Å². The number of aryl methyl sites for hydroxylation is 1. The summed E-state index contributed by atoms with van der Waals surface area (Å²) in [7, 11) is 0. The van der Waals surface area contributed by atoms with E-state index in [1.165, 1.54) is 17.2 Å². The van der Waals surface area contributed by atoms with E-state index in [9.17, 15) is 19.1 Å². The second-order valence-electron chi connectivity index (χ2n) is 10.2. The molecule has 3 heterocycles. The number of hydrogen-bond acceptors (Lipinski definition) is 7. The third-order valence-corrected chi connectivity index (χ3v) is 7.62. The molecule has 0 bridgehead atoms. The Kier molecular flexibility index (Phi) is 8.30.